The van der Waals surface area contributed by atoms with Gasteiger partial charge in [0.1, 0.15) is 11.5 Å². The molecule has 0 spiro atoms. The number of ketones is 1. The molecule has 92 valence electrons. The molecule has 4 heteroatoms. The van der Waals surface area contributed by atoms with E-state index in [9.17, 15) is 9.18 Å². The molecule has 2 rings (SSSR count). The summed E-state index contributed by atoms with van der Waals surface area (Å²) >= 11 is 5.92. The summed E-state index contributed by atoms with van der Waals surface area (Å²) in [7, 11) is 0. The Morgan fingerprint density at radius 3 is 2.83 bits per heavy atom. The number of halogens is 2. The van der Waals surface area contributed by atoms with Crippen LogP contribution in [0.4, 0.5) is 4.39 Å². The molecule has 0 radical (unpaired) electrons. The van der Waals surface area contributed by atoms with Crippen molar-refractivity contribution in [3.63, 3.8) is 0 Å². The van der Waals surface area contributed by atoms with Crippen LogP contribution in [0.3, 0.4) is 0 Å². The van der Waals surface area contributed by atoms with Crippen LogP contribution in [0.2, 0.25) is 5.02 Å². The number of pyridine rings is 1. The van der Waals surface area contributed by atoms with E-state index >= 15 is 0 Å². The van der Waals surface area contributed by atoms with Gasteiger partial charge in [0.25, 0.3) is 0 Å². The summed E-state index contributed by atoms with van der Waals surface area (Å²) in [6.07, 6.45) is 1.63. The average molecular weight is 264 g/mol. The van der Waals surface area contributed by atoms with Crippen LogP contribution in [-0.2, 0) is 6.42 Å². The highest BCUT2D eigenvalue weighted by atomic mass is 35.5. The van der Waals surface area contributed by atoms with Crippen molar-refractivity contribution in [2.75, 3.05) is 0 Å². The van der Waals surface area contributed by atoms with Gasteiger partial charge in [-0.3, -0.25) is 9.78 Å². The summed E-state index contributed by atoms with van der Waals surface area (Å²) in [4.78, 5) is 16.0. The lowest BCUT2D eigenvalue weighted by atomic mass is 10.1. The predicted molar refractivity (Wildman–Crippen MR) is 68.4 cm³/mol. The van der Waals surface area contributed by atoms with Crippen LogP contribution in [0.5, 0.6) is 0 Å². The fraction of sp³-hybridized carbons (Fsp3) is 0.143. The van der Waals surface area contributed by atoms with E-state index in [1.54, 1.807) is 12.3 Å². The van der Waals surface area contributed by atoms with Gasteiger partial charge in [0.2, 0.25) is 0 Å². The zero-order chi connectivity index (χ0) is 13.1. The first kappa shape index (κ1) is 12.7. The second kappa shape index (κ2) is 5.27. The molecular formula is C14H11ClFNO. The number of carbonyl (C=O) groups excluding carboxylic acids is 1. The zero-order valence-electron chi connectivity index (χ0n) is 9.78. The van der Waals surface area contributed by atoms with Crippen molar-refractivity contribution in [1.29, 1.82) is 0 Å². The highest BCUT2D eigenvalue weighted by Gasteiger charge is 2.11. The van der Waals surface area contributed by atoms with E-state index < -0.39 is 5.82 Å². The molecule has 0 atom stereocenters. The summed E-state index contributed by atoms with van der Waals surface area (Å²) in [6, 6.07) is 7.50. The number of hydrogen-bond acceptors (Lipinski definition) is 2. The third kappa shape index (κ3) is 2.93. The standard InChI is InChI=1S/C14H11ClFNO/c1-9-4-5-17-13(6-9)14(18)8-10-7-11(16)2-3-12(10)15/h2-7H,8H2,1H3. The monoisotopic (exact) mass is 263 g/mol. The minimum absolute atomic E-state index is 0.0487. The molecule has 1 aromatic carbocycles. The zero-order valence-corrected chi connectivity index (χ0v) is 10.5. The number of rotatable bonds is 3. The molecule has 0 aliphatic rings. The summed E-state index contributed by atoms with van der Waals surface area (Å²) in [5.74, 6) is -0.578. The Kier molecular flexibility index (Phi) is 3.72. The predicted octanol–water partition coefficient (Wildman–Crippen LogP) is 3.61. The summed E-state index contributed by atoms with van der Waals surface area (Å²) in [5.41, 5.74) is 1.80. The van der Waals surface area contributed by atoms with E-state index in [4.69, 9.17) is 11.6 Å². The first-order valence-corrected chi connectivity index (χ1v) is 5.84. The Bertz CT molecular complexity index is 598. The molecule has 1 heterocycles. The lowest BCUT2D eigenvalue weighted by Crippen LogP contribution is -2.06. The van der Waals surface area contributed by atoms with E-state index in [1.165, 1.54) is 18.2 Å². The Morgan fingerprint density at radius 2 is 2.11 bits per heavy atom. The van der Waals surface area contributed by atoms with Gasteiger partial charge in [-0.25, -0.2) is 4.39 Å². The number of benzene rings is 1. The molecule has 2 nitrogen and oxygen atoms in total. The second-order valence-corrected chi connectivity index (χ2v) is 4.46. The first-order valence-electron chi connectivity index (χ1n) is 5.46. The molecule has 0 aliphatic heterocycles. The van der Waals surface area contributed by atoms with Crippen LogP contribution in [-0.4, -0.2) is 10.8 Å². The van der Waals surface area contributed by atoms with Crippen LogP contribution >= 0.6 is 11.6 Å². The normalized spacial score (nSPS) is 10.4. The summed E-state index contributed by atoms with van der Waals surface area (Å²) in [6.45, 7) is 1.88. The van der Waals surface area contributed by atoms with E-state index in [2.05, 4.69) is 4.98 Å². The Hall–Kier alpha value is -1.74. The van der Waals surface area contributed by atoms with Crippen molar-refractivity contribution in [3.8, 4) is 0 Å². The summed E-state index contributed by atoms with van der Waals surface area (Å²) in [5, 5.41) is 0.386. The minimum atomic E-state index is -0.403. The molecule has 0 aliphatic carbocycles. The maximum absolute atomic E-state index is 13.1. The SMILES string of the molecule is Cc1ccnc(C(=O)Cc2cc(F)ccc2Cl)c1. The van der Waals surface area contributed by atoms with Crippen molar-refractivity contribution >= 4 is 17.4 Å². The Morgan fingerprint density at radius 1 is 1.33 bits per heavy atom. The van der Waals surface area contributed by atoms with Crippen molar-refractivity contribution in [2.45, 2.75) is 13.3 Å². The van der Waals surface area contributed by atoms with Gasteiger partial charge < -0.3 is 0 Å². The molecule has 2 aromatic rings. The van der Waals surface area contributed by atoms with Crippen molar-refractivity contribution in [2.24, 2.45) is 0 Å². The number of aromatic nitrogens is 1. The van der Waals surface area contributed by atoms with Gasteiger partial charge in [-0.05, 0) is 48.4 Å². The molecule has 0 fully saturated rings. The van der Waals surface area contributed by atoms with Gasteiger partial charge >= 0.3 is 0 Å². The number of hydrogen-bond donors (Lipinski definition) is 0. The molecule has 1 aromatic heterocycles. The number of aryl methyl sites for hydroxylation is 1. The molecule has 0 amide bonds. The quantitative estimate of drug-likeness (QED) is 0.792. The lowest BCUT2D eigenvalue weighted by Gasteiger charge is -2.04. The van der Waals surface area contributed by atoms with Crippen LogP contribution in [0.1, 0.15) is 21.6 Å². The number of nitrogens with zero attached hydrogens (tertiary/aromatic N) is 1. The molecule has 0 N–H and O–H groups in total. The fourth-order valence-corrected chi connectivity index (χ4v) is 1.82. The van der Waals surface area contributed by atoms with E-state index in [1.807, 2.05) is 13.0 Å². The minimum Gasteiger partial charge on any atom is -0.292 e. The second-order valence-electron chi connectivity index (χ2n) is 4.05. The van der Waals surface area contributed by atoms with Crippen molar-refractivity contribution < 1.29 is 9.18 Å². The van der Waals surface area contributed by atoms with Crippen LogP contribution in [0.25, 0.3) is 0 Å². The highest BCUT2D eigenvalue weighted by Crippen LogP contribution is 2.19. The largest absolute Gasteiger partial charge is 0.292 e. The molecule has 0 saturated heterocycles. The molecule has 0 saturated carbocycles. The van der Waals surface area contributed by atoms with Gasteiger partial charge in [0, 0.05) is 17.6 Å². The molecule has 18 heavy (non-hydrogen) atoms. The Labute approximate surface area is 109 Å². The molecular weight excluding hydrogens is 253 g/mol. The topological polar surface area (TPSA) is 30.0 Å². The van der Waals surface area contributed by atoms with Gasteiger partial charge in [-0.1, -0.05) is 11.6 Å². The third-order valence-electron chi connectivity index (χ3n) is 2.56. The third-order valence-corrected chi connectivity index (χ3v) is 2.93. The maximum Gasteiger partial charge on any atom is 0.185 e. The van der Waals surface area contributed by atoms with E-state index in [0.29, 0.717) is 16.3 Å². The van der Waals surface area contributed by atoms with Gasteiger partial charge in [-0.2, -0.15) is 0 Å². The van der Waals surface area contributed by atoms with Crippen molar-refractivity contribution in [1.82, 2.24) is 4.98 Å². The lowest BCUT2D eigenvalue weighted by molar-refractivity contribution is 0.0988. The fourth-order valence-electron chi connectivity index (χ4n) is 1.63. The molecule has 0 bridgehead atoms. The van der Waals surface area contributed by atoms with E-state index in [0.717, 1.165) is 5.56 Å². The smallest absolute Gasteiger partial charge is 0.185 e. The Balaban J connectivity index is 2.24. The highest BCUT2D eigenvalue weighted by molar-refractivity contribution is 6.31. The summed E-state index contributed by atoms with van der Waals surface area (Å²) < 4.78 is 13.1. The number of Topliss-reactive ketones (excluding diaryl/α,β-unsaturated/α-hetero) is 1. The van der Waals surface area contributed by atoms with Crippen LogP contribution in [0, 0.1) is 12.7 Å². The van der Waals surface area contributed by atoms with Crippen LogP contribution < -0.4 is 0 Å². The van der Waals surface area contributed by atoms with Crippen LogP contribution in [0.15, 0.2) is 36.5 Å². The molecule has 0 unspecified atom stereocenters. The van der Waals surface area contributed by atoms with Gasteiger partial charge in [-0.15, -0.1) is 0 Å². The first-order chi connectivity index (χ1) is 8.56. The maximum atomic E-state index is 13.1. The van der Waals surface area contributed by atoms with Gasteiger partial charge in [0.05, 0.1) is 0 Å². The number of carbonyl (C=O) groups is 1. The van der Waals surface area contributed by atoms with Gasteiger partial charge in [0.15, 0.2) is 5.78 Å². The average Bonchev–Trinajstić information content (AvgIpc) is 2.34. The van der Waals surface area contributed by atoms with E-state index in [-0.39, 0.29) is 12.2 Å². The van der Waals surface area contributed by atoms with Crippen molar-refractivity contribution in [3.05, 3.63) is 64.2 Å².